The monoisotopic (exact) mass is 320 g/mol. The van der Waals surface area contributed by atoms with E-state index in [-0.39, 0.29) is 75.6 Å². The summed E-state index contributed by atoms with van der Waals surface area (Å²) < 4.78 is 0. The first-order valence-electron chi connectivity index (χ1n) is 4.24. The molecule has 0 bridgehead atoms. The van der Waals surface area contributed by atoms with E-state index in [1.165, 1.54) is 0 Å². The molecule has 1 aromatic carbocycles. The van der Waals surface area contributed by atoms with Crippen LogP contribution < -0.4 is 64.4 Å². The number of nitrogens with zero attached hydrogens (tertiary/aromatic N) is 3. The van der Waals surface area contributed by atoms with Gasteiger partial charge in [-0.3, -0.25) is 0 Å². The topological polar surface area (TPSA) is 50.7 Å². The second kappa shape index (κ2) is 8.95. The maximum atomic E-state index is 5.95. The molecule has 0 radical (unpaired) electrons. The molecule has 0 unspecified atom stereocenters. The largest absolute Gasteiger partial charge is 1.00 e. The summed E-state index contributed by atoms with van der Waals surface area (Å²) in [5.74, 6) is 0.248. The van der Waals surface area contributed by atoms with Crippen LogP contribution in [0.2, 0.25) is 15.6 Å². The van der Waals surface area contributed by atoms with E-state index in [4.69, 9.17) is 34.8 Å². The van der Waals surface area contributed by atoms with Gasteiger partial charge in [0, 0.05) is 0 Å². The molecular weight excluding hydrogens is 316 g/mol. The maximum absolute atomic E-state index is 5.95. The number of para-hydroxylation sites is 1. The molecule has 0 aliphatic heterocycles. The molecule has 2 rings (SSSR count). The third-order valence-electron chi connectivity index (χ3n) is 1.70. The van der Waals surface area contributed by atoms with Crippen molar-refractivity contribution >= 4 is 46.4 Å². The van der Waals surface area contributed by atoms with Crippen molar-refractivity contribution in [1.82, 2.24) is 15.0 Å². The van der Waals surface area contributed by atoms with Crippen molar-refractivity contribution in [3.8, 4) is 0 Å². The molecule has 18 heavy (non-hydrogen) atoms. The summed E-state index contributed by atoms with van der Waals surface area (Å²) in [4.78, 5) is 11.4. The van der Waals surface area contributed by atoms with E-state index in [2.05, 4.69) is 20.3 Å². The van der Waals surface area contributed by atoms with Crippen molar-refractivity contribution in [3.63, 3.8) is 0 Å². The first kappa shape index (κ1) is 18.9. The number of nitrogens with one attached hydrogen (secondary N) is 1. The van der Waals surface area contributed by atoms with Crippen LogP contribution in [-0.4, -0.2) is 15.0 Å². The van der Waals surface area contributed by atoms with Crippen molar-refractivity contribution in [2.75, 3.05) is 5.32 Å². The van der Waals surface area contributed by atoms with E-state index >= 15 is 0 Å². The Morgan fingerprint density at radius 3 is 1.94 bits per heavy atom. The Morgan fingerprint density at radius 1 is 0.833 bits per heavy atom. The molecule has 0 aliphatic rings. The molecule has 0 spiro atoms. The Balaban J connectivity index is 0.00000144. The summed E-state index contributed by atoms with van der Waals surface area (Å²) in [6, 6.07) is 7.18. The Morgan fingerprint density at radius 2 is 1.39 bits per heavy atom. The van der Waals surface area contributed by atoms with Gasteiger partial charge in [0.05, 0.1) is 10.7 Å². The predicted molar refractivity (Wildman–Crippen MR) is 64.6 cm³/mol. The third kappa shape index (κ3) is 5.49. The average Bonchev–Trinajstić information content (AvgIpc) is 2.20. The SMILES string of the molecule is Clc1nc(Cl)nc(Nc2ccccc2Cl)n1.[Na+].[Na+]. The van der Waals surface area contributed by atoms with Crippen molar-refractivity contribution < 1.29 is 59.1 Å². The van der Waals surface area contributed by atoms with E-state index in [1.54, 1.807) is 12.1 Å². The molecule has 82 valence electrons. The van der Waals surface area contributed by atoms with Crippen LogP contribution in [0.3, 0.4) is 0 Å². The van der Waals surface area contributed by atoms with Crippen LogP contribution in [0, 0.1) is 0 Å². The zero-order chi connectivity index (χ0) is 11.5. The number of halogens is 3. The molecule has 1 N–H and O–H groups in total. The van der Waals surface area contributed by atoms with E-state index in [1.807, 2.05) is 12.1 Å². The molecule has 0 aliphatic carbocycles. The summed E-state index contributed by atoms with van der Waals surface area (Å²) in [5, 5.41) is 3.49. The second-order valence-electron chi connectivity index (χ2n) is 2.80. The number of hydrogen-bond donors (Lipinski definition) is 1. The minimum absolute atomic E-state index is 0. The molecule has 0 saturated heterocycles. The fourth-order valence-corrected chi connectivity index (χ4v) is 1.61. The van der Waals surface area contributed by atoms with Crippen LogP contribution in [0.15, 0.2) is 24.3 Å². The van der Waals surface area contributed by atoms with Gasteiger partial charge in [0.1, 0.15) is 0 Å². The maximum Gasteiger partial charge on any atom is 1.00 e. The number of rotatable bonds is 2. The van der Waals surface area contributed by atoms with Gasteiger partial charge in [-0.1, -0.05) is 23.7 Å². The number of benzene rings is 1. The molecular formula is C9H5Cl3N4Na2+2. The zero-order valence-electron chi connectivity index (χ0n) is 9.78. The quantitative estimate of drug-likeness (QED) is 0.626. The summed E-state index contributed by atoms with van der Waals surface area (Å²) in [7, 11) is 0. The standard InChI is InChI=1S/C9H5Cl3N4.2Na/c10-5-3-1-2-4-6(5)13-9-15-7(11)14-8(12)16-9;;/h1-4H,(H,13,14,15,16);;/q;2*+1. The number of anilines is 2. The summed E-state index contributed by atoms with van der Waals surface area (Å²) >= 11 is 17.2. The molecule has 2 aromatic rings. The zero-order valence-corrected chi connectivity index (χ0v) is 16.1. The van der Waals surface area contributed by atoms with E-state index < -0.39 is 0 Å². The van der Waals surface area contributed by atoms with Crippen LogP contribution in [0.5, 0.6) is 0 Å². The fraction of sp³-hybridized carbons (Fsp3) is 0. The van der Waals surface area contributed by atoms with Gasteiger partial charge in [-0.25, -0.2) is 0 Å². The molecule has 0 atom stereocenters. The number of hydrogen-bond acceptors (Lipinski definition) is 4. The summed E-state index contributed by atoms with van der Waals surface area (Å²) in [5.41, 5.74) is 0.669. The van der Waals surface area contributed by atoms with E-state index in [9.17, 15) is 0 Å². The minimum Gasteiger partial charge on any atom is -0.323 e. The van der Waals surface area contributed by atoms with Gasteiger partial charge in [-0.15, -0.1) is 0 Å². The van der Waals surface area contributed by atoms with Crippen LogP contribution in [0.1, 0.15) is 0 Å². The second-order valence-corrected chi connectivity index (χ2v) is 3.89. The smallest absolute Gasteiger partial charge is 0.323 e. The Bertz CT molecular complexity index is 507. The molecule has 4 nitrogen and oxygen atoms in total. The van der Waals surface area contributed by atoms with Crippen LogP contribution in [-0.2, 0) is 0 Å². The van der Waals surface area contributed by atoms with Crippen molar-refractivity contribution in [2.24, 2.45) is 0 Å². The molecule has 9 heteroatoms. The Kier molecular flexibility index (Phi) is 9.40. The Labute approximate surface area is 163 Å². The normalized spacial score (nSPS) is 9.06. The van der Waals surface area contributed by atoms with Gasteiger partial charge in [-0.2, -0.15) is 15.0 Å². The average molecular weight is 322 g/mol. The van der Waals surface area contributed by atoms with E-state index in [0.29, 0.717) is 10.7 Å². The Hall–Kier alpha value is 0.900. The van der Waals surface area contributed by atoms with Crippen molar-refractivity contribution in [1.29, 1.82) is 0 Å². The van der Waals surface area contributed by atoms with Gasteiger partial charge in [-0.05, 0) is 35.3 Å². The molecule has 1 aromatic heterocycles. The van der Waals surface area contributed by atoms with Crippen molar-refractivity contribution in [3.05, 3.63) is 39.9 Å². The number of aromatic nitrogens is 3. The van der Waals surface area contributed by atoms with Gasteiger partial charge in [0.25, 0.3) is 0 Å². The molecule has 1 heterocycles. The fourth-order valence-electron chi connectivity index (χ4n) is 1.06. The molecule has 0 amide bonds. The first-order chi connectivity index (χ1) is 7.65. The van der Waals surface area contributed by atoms with Crippen LogP contribution >= 0.6 is 34.8 Å². The summed E-state index contributed by atoms with van der Waals surface area (Å²) in [6.07, 6.45) is 0. The third-order valence-corrected chi connectivity index (χ3v) is 2.37. The van der Waals surface area contributed by atoms with Gasteiger partial charge in [0.15, 0.2) is 0 Å². The van der Waals surface area contributed by atoms with Crippen LogP contribution in [0.4, 0.5) is 11.6 Å². The molecule has 0 fully saturated rings. The van der Waals surface area contributed by atoms with Crippen LogP contribution in [0.25, 0.3) is 0 Å². The summed E-state index contributed by atoms with van der Waals surface area (Å²) in [6.45, 7) is 0. The predicted octanol–water partition coefficient (Wildman–Crippen LogP) is -2.42. The molecule has 0 saturated carbocycles. The van der Waals surface area contributed by atoms with Gasteiger partial charge >= 0.3 is 59.1 Å². The van der Waals surface area contributed by atoms with Crippen molar-refractivity contribution in [2.45, 2.75) is 0 Å². The van der Waals surface area contributed by atoms with Gasteiger partial charge < -0.3 is 5.32 Å². The van der Waals surface area contributed by atoms with Gasteiger partial charge in [0.2, 0.25) is 16.5 Å². The van der Waals surface area contributed by atoms with E-state index in [0.717, 1.165) is 0 Å². The first-order valence-corrected chi connectivity index (χ1v) is 5.37. The minimum atomic E-state index is 0.